The lowest BCUT2D eigenvalue weighted by Crippen LogP contribution is -2.32. The van der Waals surface area contributed by atoms with Gasteiger partial charge in [0.15, 0.2) is 0 Å². The SMILES string of the molecule is CC1CN(C)C(C)N1C.CCN1CCN(CC)C1. The summed E-state index contributed by atoms with van der Waals surface area (Å²) in [4.78, 5) is 9.68. The van der Waals surface area contributed by atoms with E-state index in [-0.39, 0.29) is 0 Å². The van der Waals surface area contributed by atoms with Gasteiger partial charge in [-0.2, -0.15) is 0 Å². The first kappa shape index (κ1) is 15.9. The number of hydrogen-bond acceptors (Lipinski definition) is 4. The van der Waals surface area contributed by atoms with Gasteiger partial charge in [-0.25, -0.2) is 0 Å². The van der Waals surface area contributed by atoms with E-state index in [0.29, 0.717) is 6.17 Å². The number of hydrogen-bond donors (Lipinski definition) is 0. The summed E-state index contributed by atoms with van der Waals surface area (Å²) in [5.74, 6) is 0. The second-order valence-corrected chi connectivity index (χ2v) is 5.65. The lowest BCUT2D eigenvalue weighted by atomic mass is 10.3. The predicted octanol–water partition coefficient (Wildman–Crippen LogP) is 1.20. The van der Waals surface area contributed by atoms with Crippen LogP contribution in [-0.4, -0.2) is 85.3 Å². The van der Waals surface area contributed by atoms with Gasteiger partial charge in [0, 0.05) is 25.7 Å². The van der Waals surface area contributed by atoms with Gasteiger partial charge in [0.25, 0.3) is 0 Å². The molecule has 4 nitrogen and oxygen atoms in total. The van der Waals surface area contributed by atoms with Gasteiger partial charge in [0.05, 0.1) is 12.8 Å². The lowest BCUT2D eigenvalue weighted by Gasteiger charge is -2.21. The molecule has 0 N–H and O–H groups in total. The molecule has 0 aliphatic carbocycles. The molecule has 2 heterocycles. The molecule has 2 saturated heterocycles. The Kier molecular flexibility index (Phi) is 6.57. The van der Waals surface area contributed by atoms with Gasteiger partial charge in [0.2, 0.25) is 0 Å². The third-order valence-electron chi connectivity index (χ3n) is 4.50. The Balaban J connectivity index is 0.000000180. The maximum atomic E-state index is 2.46. The largest absolute Gasteiger partial charge is 0.290 e. The van der Waals surface area contributed by atoms with E-state index in [4.69, 9.17) is 0 Å². The fourth-order valence-corrected chi connectivity index (χ4v) is 2.60. The molecular weight excluding hydrogens is 224 g/mol. The molecule has 0 aromatic heterocycles. The van der Waals surface area contributed by atoms with Gasteiger partial charge in [-0.1, -0.05) is 13.8 Å². The van der Waals surface area contributed by atoms with Crippen LogP contribution < -0.4 is 0 Å². The minimum absolute atomic E-state index is 0.625. The monoisotopic (exact) mass is 256 g/mol. The molecule has 2 atom stereocenters. The highest BCUT2D eigenvalue weighted by Crippen LogP contribution is 2.14. The van der Waals surface area contributed by atoms with Crippen LogP contribution in [0.25, 0.3) is 0 Å². The van der Waals surface area contributed by atoms with E-state index in [2.05, 4.69) is 61.4 Å². The first-order valence-electron chi connectivity index (χ1n) is 7.36. The van der Waals surface area contributed by atoms with Crippen molar-refractivity contribution < 1.29 is 0 Å². The van der Waals surface area contributed by atoms with Crippen LogP contribution in [0.15, 0.2) is 0 Å². The molecule has 108 valence electrons. The smallest absolute Gasteiger partial charge is 0.0591 e. The Morgan fingerprint density at radius 3 is 1.61 bits per heavy atom. The highest BCUT2D eigenvalue weighted by atomic mass is 15.4. The molecule has 2 rings (SSSR count). The fraction of sp³-hybridized carbons (Fsp3) is 1.00. The molecule has 0 spiro atoms. The summed E-state index contributed by atoms with van der Waals surface area (Å²) in [7, 11) is 4.35. The summed E-state index contributed by atoms with van der Waals surface area (Å²) in [5, 5.41) is 0. The van der Waals surface area contributed by atoms with Crippen LogP contribution in [0.4, 0.5) is 0 Å². The van der Waals surface area contributed by atoms with Crippen molar-refractivity contribution in [1.82, 2.24) is 19.6 Å². The molecule has 2 unspecified atom stereocenters. The topological polar surface area (TPSA) is 13.0 Å². The Labute approximate surface area is 114 Å². The zero-order chi connectivity index (χ0) is 13.7. The van der Waals surface area contributed by atoms with E-state index >= 15 is 0 Å². The maximum absolute atomic E-state index is 2.46. The molecule has 4 heteroatoms. The van der Waals surface area contributed by atoms with Crippen LogP contribution in [0.1, 0.15) is 27.7 Å². The average molecular weight is 256 g/mol. The highest BCUT2D eigenvalue weighted by molar-refractivity contribution is 4.80. The quantitative estimate of drug-likeness (QED) is 0.736. The minimum atomic E-state index is 0.625. The van der Waals surface area contributed by atoms with Crippen molar-refractivity contribution in [2.24, 2.45) is 0 Å². The van der Waals surface area contributed by atoms with Crippen molar-refractivity contribution >= 4 is 0 Å². The number of likely N-dealkylation sites (N-methyl/N-ethyl adjacent to an activating group) is 4. The minimum Gasteiger partial charge on any atom is -0.290 e. The molecule has 2 fully saturated rings. The predicted molar refractivity (Wildman–Crippen MR) is 78.7 cm³/mol. The normalized spacial score (nSPS) is 31.7. The fourth-order valence-electron chi connectivity index (χ4n) is 2.60. The van der Waals surface area contributed by atoms with Crippen LogP contribution >= 0.6 is 0 Å². The van der Waals surface area contributed by atoms with E-state index in [1.807, 2.05) is 0 Å². The molecule has 18 heavy (non-hydrogen) atoms. The van der Waals surface area contributed by atoms with E-state index in [0.717, 1.165) is 6.04 Å². The van der Waals surface area contributed by atoms with Crippen molar-refractivity contribution in [3.63, 3.8) is 0 Å². The van der Waals surface area contributed by atoms with Gasteiger partial charge >= 0.3 is 0 Å². The van der Waals surface area contributed by atoms with Crippen molar-refractivity contribution in [3.8, 4) is 0 Å². The Morgan fingerprint density at radius 2 is 1.44 bits per heavy atom. The van der Waals surface area contributed by atoms with Crippen molar-refractivity contribution in [2.45, 2.75) is 39.9 Å². The summed E-state index contributed by atoms with van der Waals surface area (Å²) in [6, 6.07) is 0.727. The third kappa shape index (κ3) is 4.19. The first-order valence-corrected chi connectivity index (χ1v) is 7.36. The molecule has 0 radical (unpaired) electrons. The average Bonchev–Trinajstić information content (AvgIpc) is 2.92. The summed E-state index contributed by atoms with van der Waals surface area (Å²) in [6.07, 6.45) is 0.625. The summed E-state index contributed by atoms with van der Waals surface area (Å²) in [6.45, 7) is 16.3. The number of rotatable bonds is 2. The van der Waals surface area contributed by atoms with Crippen molar-refractivity contribution in [3.05, 3.63) is 0 Å². The Bertz CT molecular complexity index is 212. The summed E-state index contributed by atoms with van der Waals surface area (Å²) in [5.41, 5.74) is 0. The molecule has 2 aliphatic rings. The molecule has 0 amide bonds. The first-order chi connectivity index (χ1) is 8.49. The van der Waals surface area contributed by atoms with Crippen LogP contribution in [0, 0.1) is 0 Å². The van der Waals surface area contributed by atoms with E-state index in [1.54, 1.807) is 0 Å². The van der Waals surface area contributed by atoms with Gasteiger partial charge in [0.1, 0.15) is 0 Å². The third-order valence-corrected chi connectivity index (χ3v) is 4.50. The molecule has 0 aromatic carbocycles. The van der Waals surface area contributed by atoms with Gasteiger partial charge in [-0.05, 0) is 41.0 Å². The van der Waals surface area contributed by atoms with Gasteiger partial charge < -0.3 is 0 Å². The maximum Gasteiger partial charge on any atom is 0.0591 e. The highest BCUT2D eigenvalue weighted by Gasteiger charge is 2.27. The number of nitrogens with zero attached hydrogens (tertiary/aromatic N) is 4. The summed E-state index contributed by atoms with van der Waals surface area (Å²) >= 11 is 0. The molecule has 2 aliphatic heterocycles. The molecule has 0 bridgehead atoms. The molecule has 0 saturated carbocycles. The van der Waals surface area contributed by atoms with Crippen LogP contribution in [-0.2, 0) is 0 Å². The van der Waals surface area contributed by atoms with E-state index < -0.39 is 0 Å². The van der Waals surface area contributed by atoms with Crippen LogP contribution in [0.5, 0.6) is 0 Å². The zero-order valence-electron chi connectivity index (χ0n) is 13.2. The van der Waals surface area contributed by atoms with Crippen molar-refractivity contribution in [1.29, 1.82) is 0 Å². The molecular formula is C14H32N4. The standard InChI is InChI=1S/2C7H16N2/c1-6-5-8(3)7(2)9(6)4;1-3-8-5-6-9(4-2)7-8/h6-7H,5H2,1-4H3;3-7H2,1-2H3. The van der Waals surface area contributed by atoms with Crippen LogP contribution in [0.3, 0.4) is 0 Å². The zero-order valence-corrected chi connectivity index (χ0v) is 13.2. The van der Waals surface area contributed by atoms with E-state index in [1.165, 1.54) is 39.4 Å². The Morgan fingerprint density at radius 1 is 0.944 bits per heavy atom. The second kappa shape index (κ2) is 7.43. The Hall–Kier alpha value is -0.160. The van der Waals surface area contributed by atoms with Crippen molar-refractivity contribution in [2.75, 3.05) is 53.5 Å². The lowest BCUT2D eigenvalue weighted by molar-refractivity contribution is 0.192. The second-order valence-electron chi connectivity index (χ2n) is 5.65. The molecule has 0 aromatic rings. The summed E-state index contributed by atoms with van der Waals surface area (Å²) < 4.78 is 0. The van der Waals surface area contributed by atoms with Gasteiger partial charge in [-0.3, -0.25) is 19.6 Å². The van der Waals surface area contributed by atoms with E-state index in [9.17, 15) is 0 Å². The van der Waals surface area contributed by atoms with Gasteiger partial charge in [-0.15, -0.1) is 0 Å². The van der Waals surface area contributed by atoms with Crippen LogP contribution in [0.2, 0.25) is 0 Å².